The molecular formula is C22H34N4O2. The van der Waals surface area contributed by atoms with E-state index < -0.39 is 0 Å². The molecule has 1 amide bonds. The highest BCUT2D eigenvalue weighted by Crippen LogP contribution is 2.20. The summed E-state index contributed by atoms with van der Waals surface area (Å²) in [5.41, 5.74) is 2.72. The van der Waals surface area contributed by atoms with Crippen molar-refractivity contribution in [3.63, 3.8) is 0 Å². The maximum absolute atomic E-state index is 12.7. The van der Waals surface area contributed by atoms with Crippen LogP contribution in [0.2, 0.25) is 0 Å². The summed E-state index contributed by atoms with van der Waals surface area (Å²) < 4.78 is 5.36. The predicted molar refractivity (Wildman–Crippen MR) is 113 cm³/mol. The number of nitrogens with zero attached hydrogens (tertiary/aromatic N) is 3. The minimum Gasteiger partial charge on any atom is -0.378 e. The lowest BCUT2D eigenvalue weighted by molar-refractivity contribution is -0.140. The molecule has 0 aliphatic carbocycles. The molecule has 2 fully saturated rings. The van der Waals surface area contributed by atoms with Gasteiger partial charge in [-0.1, -0.05) is 31.2 Å². The molecule has 0 unspecified atom stereocenters. The van der Waals surface area contributed by atoms with Crippen LogP contribution < -0.4 is 5.32 Å². The fourth-order valence-electron chi connectivity index (χ4n) is 3.97. The van der Waals surface area contributed by atoms with Gasteiger partial charge >= 0.3 is 0 Å². The van der Waals surface area contributed by atoms with E-state index >= 15 is 0 Å². The van der Waals surface area contributed by atoms with Crippen molar-refractivity contribution in [2.75, 3.05) is 53.0 Å². The number of guanidine groups is 1. The number of aliphatic imine (C=N–C) groups is 1. The molecule has 2 aliphatic rings. The third-order valence-electron chi connectivity index (χ3n) is 5.81. The normalized spacial score (nSPS) is 19.0. The number of piperidine rings is 1. The van der Waals surface area contributed by atoms with Crippen LogP contribution in [0.15, 0.2) is 29.3 Å². The molecule has 1 N–H and O–H groups in total. The Morgan fingerprint density at radius 1 is 1.07 bits per heavy atom. The fraction of sp³-hybridized carbons (Fsp3) is 0.636. The molecule has 1 aromatic rings. The minimum absolute atomic E-state index is 0.143. The molecule has 6 nitrogen and oxygen atoms in total. The summed E-state index contributed by atoms with van der Waals surface area (Å²) in [6.45, 7) is 7.62. The summed E-state index contributed by atoms with van der Waals surface area (Å²) in [5.74, 6) is 1.40. The van der Waals surface area contributed by atoms with Crippen molar-refractivity contribution in [3.05, 3.63) is 35.4 Å². The van der Waals surface area contributed by atoms with Gasteiger partial charge in [0.1, 0.15) is 0 Å². The Balaban J connectivity index is 1.42. The van der Waals surface area contributed by atoms with Crippen LogP contribution in [0.4, 0.5) is 0 Å². The number of benzene rings is 1. The topological polar surface area (TPSA) is 57.2 Å². The number of hydrogen-bond acceptors (Lipinski definition) is 3. The van der Waals surface area contributed by atoms with Gasteiger partial charge in [-0.05, 0) is 36.8 Å². The lowest BCUT2D eigenvalue weighted by Gasteiger charge is -2.36. The second kappa shape index (κ2) is 10.5. The molecule has 3 rings (SSSR count). The second-order valence-electron chi connectivity index (χ2n) is 7.59. The Kier molecular flexibility index (Phi) is 7.71. The average molecular weight is 387 g/mol. The maximum Gasteiger partial charge on any atom is 0.225 e. The number of morpholine rings is 1. The van der Waals surface area contributed by atoms with Gasteiger partial charge in [-0.15, -0.1) is 0 Å². The fourth-order valence-corrected chi connectivity index (χ4v) is 3.97. The van der Waals surface area contributed by atoms with Crippen LogP contribution in [-0.2, 0) is 22.4 Å². The van der Waals surface area contributed by atoms with Crippen molar-refractivity contribution in [1.82, 2.24) is 15.1 Å². The second-order valence-corrected chi connectivity index (χ2v) is 7.59. The SMILES string of the molecule is CCc1ccc(CCNC(=NC)N2CCC(C(=O)N3CCOCC3)CC2)cc1. The Bertz CT molecular complexity index is 645. The molecular weight excluding hydrogens is 352 g/mol. The first-order chi connectivity index (χ1) is 13.7. The lowest BCUT2D eigenvalue weighted by Crippen LogP contribution is -2.50. The van der Waals surface area contributed by atoms with E-state index in [0.29, 0.717) is 19.1 Å². The van der Waals surface area contributed by atoms with Crippen LogP contribution in [0, 0.1) is 5.92 Å². The molecule has 0 atom stereocenters. The van der Waals surface area contributed by atoms with Crippen molar-refractivity contribution < 1.29 is 9.53 Å². The van der Waals surface area contributed by atoms with Gasteiger partial charge in [0.25, 0.3) is 0 Å². The van der Waals surface area contributed by atoms with Gasteiger partial charge in [0.2, 0.25) is 5.91 Å². The van der Waals surface area contributed by atoms with E-state index in [0.717, 1.165) is 64.4 Å². The molecule has 0 saturated carbocycles. The number of nitrogens with one attached hydrogen (secondary N) is 1. The zero-order valence-electron chi connectivity index (χ0n) is 17.3. The zero-order valence-corrected chi connectivity index (χ0v) is 17.3. The van der Waals surface area contributed by atoms with Crippen LogP contribution in [-0.4, -0.2) is 74.7 Å². The minimum atomic E-state index is 0.143. The molecule has 2 saturated heterocycles. The molecule has 1 aromatic carbocycles. The summed E-state index contributed by atoms with van der Waals surface area (Å²) in [6.07, 6.45) is 3.86. The number of carbonyl (C=O) groups is 1. The van der Waals surface area contributed by atoms with Crippen molar-refractivity contribution >= 4 is 11.9 Å². The van der Waals surface area contributed by atoms with Gasteiger partial charge in [0.15, 0.2) is 5.96 Å². The number of carbonyl (C=O) groups excluding carboxylic acids is 1. The van der Waals surface area contributed by atoms with Crippen LogP contribution in [0.5, 0.6) is 0 Å². The van der Waals surface area contributed by atoms with E-state index in [1.165, 1.54) is 11.1 Å². The van der Waals surface area contributed by atoms with E-state index in [1.807, 2.05) is 11.9 Å². The summed E-state index contributed by atoms with van der Waals surface area (Å²) >= 11 is 0. The van der Waals surface area contributed by atoms with Crippen molar-refractivity contribution in [2.45, 2.75) is 32.6 Å². The number of hydrogen-bond donors (Lipinski definition) is 1. The summed E-state index contributed by atoms with van der Waals surface area (Å²) in [4.78, 5) is 21.4. The van der Waals surface area contributed by atoms with E-state index in [4.69, 9.17) is 4.74 Å². The predicted octanol–water partition coefficient (Wildman–Crippen LogP) is 1.94. The van der Waals surface area contributed by atoms with Crippen LogP contribution in [0.1, 0.15) is 30.9 Å². The number of aryl methyl sites for hydroxylation is 1. The van der Waals surface area contributed by atoms with E-state index in [1.54, 1.807) is 0 Å². The van der Waals surface area contributed by atoms with Crippen LogP contribution in [0.3, 0.4) is 0 Å². The maximum atomic E-state index is 12.7. The van der Waals surface area contributed by atoms with Gasteiger partial charge < -0.3 is 19.9 Å². The van der Waals surface area contributed by atoms with E-state index in [2.05, 4.69) is 46.4 Å². The molecule has 28 heavy (non-hydrogen) atoms. The lowest BCUT2D eigenvalue weighted by atomic mass is 9.95. The van der Waals surface area contributed by atoms with Gasteiger partial charge in [-0.25, -0.2) is 0 Å². The zero-order chi connectivity index (χ0) is 19.8. The standard InChI is InChI=1S/C22H34N4O2/c1-3-18-4-6-19(7-5-18)8-11-24-22(23-2)26-12-9-20(10-13-26)21(27)25-14-16-28-17-15-25/h4-7,20H,3,8-17H2,1-2H3,(H,23,24). The molecule has 6 heteroatoms. The smallest absolute Gasteiger partial charge is 0.225 e. The molecule has 0 bridgehead atoms. The highest BCUT2D eigenvalue weighted by Gasteiger charge is 2.30. The Morgan fingerprint density at radius 2 is 1.71 bits per heavy atom. The largest absolute Gasteiger partial charge is 0.378 e. The van der Waals surface area contributed by atoms with Crippen molar-refractivity contribution in [1.29, 1.82) is 0 Å². The van der Waals surface area contributed by atoms with Crippen molar-refractivity contribution in [3.8, 4) is 0 Å². The third-order valence-corrected chi connectivity index (χ3v) is 5.81. The Morgan fingerprint density at radius 3 is 2.32 bits per heavy atom. The number of amides is 1. The number of ether oxygens (including phenoxy) is 1. The van der Waals surface area contributed by atoms with Gasteiger partial charge in [0, 0.05) is 45.7 Å². The summed E-state index contributed by atoms with van der Waals surface area (Å²) in [6, 6.07) is 8.85. The molecule has 0 radical (unpaired) electrons. The monoisotopic (exact) mass is 386 g/mol. The van der Waals surface area contributed by atoms with E-state index in [-0.39, 0.29) is 5.92 Å². The quantitative estimate of drug-likeness (QED) is 0.621. The first-order valence-corrected chi connectivity index (χ1v) is 10.6. The molecule has 0 spiro atoms. The molecule has 2 heterocycles. The highest BCUT2D eigenvalue weighted by molar-refractivity contribution is 5.81. The van der Waals surface area contributed by atoms with Gasteiger partial charge in [-0.2, -0.15) is 0 Å². The van der Waals surface area contributed by atoms with Crippen LogP contribution >= 0.6 is 0 Å². The van der Waals surface area contributed by atoms with Gasteiger partial charge in [0.05, 0.1) is 13.2 Å². The van der Waals surface area contributed by atoms with E-state index in [9.17, 15) is 4.79 Å². The molecule has 154 valence electrons. The number of rotatable bonds is 5. The first kappa shape index (κ1) is 20.6. The molecule has 0 aromatic heterocycles. The third kappa shape index (κ3) is 5.47. The molecule has 2 aliphatic heterocycles. The van der Waals surface area contributed by atoms with Gasteiger partial charge in [-0.3, -0.25) is 9.79 Å². The number of likely N-dealkylation sites (tertiary alicyclic amines) is 1. The van der Waals surface area contributed by atoms with Crippen molar-refractivity contribution in [2.24, 2.45) is 10.9 Å². The highest BCUT2D eigenvalue weighted by atomic mass is 16.5. The first-order valence-electron chi connectivity index (χ1n) is 10.6. The Labute approximate surface area is 168 Å². The average Bonchev–Trinajstić information content (AvgIpc) is 2.77. The van der Waals surface area contributed by atoms with Crippen LogP contribution in [0.25, 0.3) is 0 Å². The Hall–Kier alpha value is -2.08. The summed E-state index contributed by atoms with van der Waals surface area (Å²) in [7, 11) is 1.84. The summed E-state index contributed by atoms with van der Waals surface area (Å²) in [5, 5.41) is 3.49.